The van der Waals surface area contributed by atoms with Gasteiger partial charge in [-0.25, -0.2) is 0 Å². The van der Waals surface area contributed by atoms with Crippen LogP contribution in [0.1, 0.15) is 22.3 Å². The summed E-state index contributed by atoms with van der Waals surface area (Å²) in [4.78, 5) is 18.2. The Morgan fingerprint density at radius 2 is 0.833 bits per heavy atom. The minimum atomic E-state index is -0.595. The molecule has 1 spiro atoms. The molecule has 10 rings (SSSR count). The van der Waals surface area contributed by atoms with Crippen molar-refractivity contribution in [1.29, 1.82) is 0 Å². The summed E-state index contributed by atoms with van der Waals surface area (Å²) in [6, 6.07) is 59.2. The smallest absolute Gasteiger partial charge is 0.200 e. The molecule has 2 aliphatic heterocycles. The molecule has 0 saturated carbocycles. The van der Waals surface area contributed by atoms with Gasteiger partial charge in [0.25, 0.3) is 0 Å². The predicted molar refractivity (Wildman–Crippen MR) is 195 cm³/mol. The van der Waals surface area contributed by atoms with Crippen LogP contribution in [-0.4, -0.2) is 0 Å². The van der Waals surface area contributed by atoms with Crippen molar-refractivity contribution in [2.75, 3.05) is 9.80 Å². The fourth-order valence-corrected chi connectivity index (χ4v) is 8.14. The van der Waals surface area contributed by atoms with Crippen LogP contribution in [0.3, 0.4) is 0 Å². The van der Waals surface area contributed by atoms with Crippen molar-refractivity contribution in [3.8, 4) is 0 Å². The molecule has 0 saturated heterocycles. The Morgan fingerprint density at radius 1 is 0.396 bits per heavy atom. The first-order valence-corrected chi connectivity index (χ1v) is 16.2. The molecule has 4 nitrogen and oxygen atoms in total. The SMILES string of the molecule is O=c1c2ccccc2oc2cc(N3c4ccccc4C4(c5ccccc5N(c5ccccc5)c5ccccc54)c4ccccc43)ccc12. The summed E-state index contributed by atoms with van der Waals surface area (Å²) in [6.07, 6.45) is 0. The average Bonchev–Trinajstić information content (AvgIpc) is 3.15. The van der Waals surface area contributed by atoms with Crippen molar-refractivity contribution in [2.45, 2.75) is 5.41 Å². The van der Waals surface area contributed by atoms with Crippen LogP contribution >= 0.6 is 0 Å². The van der Waals surface area contributed by atoms with Crippen LogP contribution in [0.2, 0.25) is 0 Å². The highest BCUT2D eigenvalue weighted by Gasteiger charge is 2.51. The second-order valence-corrected chi connectivity index (χ2v) is 12.4. The van der Waals surface area contributed by atoms with Crippen LogP contribution in [0, 0.1) is 0 Å². The van der Waals surface area contributed by atoms with E-state index in [1.807, 2.05) is 42.5 Å². The van der Waals surface area contributed by atoms with E-state index >= 15 is 0 Å². The standard InChI is InChI=1S/C44H28N2O2/c47-43-31-16-4-13-25-41(31)48-42-28-30(26-27-32(42)43)46-39-23-11-7-19-35(39)44(36-20-8-12-24-40(36)46)33-17-5-9-21-37(33)45(29-14-2-1-3-15-29)38-22-10-6-18-34(38)44/h1-28H. The van der Waals surface area contributed by atoms with E-state index in [1.54, 1.807) is 0 Å². The average molecular weight is 617 g/mol. The Labute approximate surface area is 277 Å². The van der Waals surface area contributed by atoms with Crippen LogP contribution in [0.4, 0.5) is 34.1 Å². The first-order valence-electron chi connectivity index (χ1n) is 16.2. The molecular weight excluding hydrogens is 588 g/mol. The lowest BCUT2D eigenvalue weighted by Gasteiger charge is -2.51. The van der Waals surface area contributed by atoms with Crippen LogP contribution in [0.5, 0.6) is 0 Å². The zero-order chi connectivity index (χ0) is 31.8. The van der Waals surface area contributed by atoms with E-state index < -0.39 is 5.41 Å². The van der Waals surface area contributed by atoms with Gasteiger partial charge < -0.3 is 14.2 Å². The van der Waals surface area contributed by atoms with Gasteiger partial charge in [0.1, 0.15) is 11.2 Å². The van der Waals surface area contributed by atoms with Gasteiger partial charge in [-0.3, -0.25) is 4.79 Å². The Kier molecular flexibility index (Phi) is 5.61. The topological polar surface area (TPSA) is 36.7 Å². The minimum absolute atomic E-state index is 0.0183. The third-order valence-corrected chi connectivity index (χ3v) is 10.0. The lowest BCUT2D eigenvalue weighted by atomic mass is 9.60. The van der Waals surface area contributed by atoms with Crippen LogP contribution in [0.25, 0.3) is 21.9 Å². The third kappa shape index (κ3) is 3.52. The van der Waals surface area contributed by atoms with Gasteiger partial charge in [0.05, 0.1) is 38.9 Å². The van der Waals surface area contributed by atoms with E-state index in [9.17, 15) is 4.79 Å². The molecule has 48 heavy (non-hydrogen) atoms. The van der Waals surface area contributed by atoms with Crippen LogP contribution < -0.4 is 15.2 Å². The zero-order valence-corrected chi connectivity index (χ0v) is 25.9. The van der Waals surface area contributed by atoms with Crippen LogP contribution in [0.15, 0.2) is 179 Å². The fourth-order valence-electron chi connectivity index (χ4n) is 8.14. The summed E-state index contributed by atoms with van der Waals surface area (Å²) in [7, 11) is 0. The highest BCUT2D eigenvalue weighted by molar-refractivity contribution is 5.98. The van der Waals surface area contributed by atoms with Gasteiger partial charge in [0, 0.05) is 17.4 Å². The molecule has 0 atom stereocenters. The first-order chi connectivity index (χ1) is 23.7. The Balaban J connectivity index is 1.28. The van der Waals surface area contributed by atoms with Gasteiger partial charge in [0.2, 0.25) is 5.43 Å². The number of hydrogen-bond donors (Lipinski definition) is 0. The van der Waals surface area contributed by atoms with Crippen molar-refractivity contribution in [2.24, 2.45) is 0 Å². The highest BCUT2D eigenvalue weighted by atomic mass is 16.3. The summed E-state index contributed by atoms with van der Waals surface area (Å²) in [5.74, 6) is 0. The molecule has 3 heterocycles. The number of rotatable bonds is 2. The van der Waals surface area contributed by atoms with Gasteiger partial charge in [-0.15, -0.1) is 0 Å². The zero-order valence-electron chi connectivity index (χ0n) is 25.9. The van der Waals surface area contributed by atoms with Crippen LogP contribution in [-0.2, 0) is 5.41 Å². The van der Waals surface area contributed by atoms with E-state index in [0.29, 0.717) is 21.9 Å². The number of para-hydroxylation sites is 6. The van der Waals surface area contributed by atoms with Gasteiger partial charge in [0.15, 0.2) is 0 Å². The molecule has 0 fully saturated rings. The normalized spacial score (nSPS) is 14.0. The van der Waals surface area contributed by atoms with Crippen molar-refractivity contribution >= 4 is 56.1 Å². The van der Waals surface area contributed by atoms with Crippen molar-refractivity contribution in [3.63, 3.8) is 0 Å². The van der Waals surface area contributed by atoms with Crippen molar-refractivity contribution in [3.05, 3.63) is 202 Å². The second kappa shape index (κ2) is 10.1. The van der Waals surface area contributed by atoms with Gasteiger partial charge in [-0.1, -0.05) is 103 Å². The molecule has 0 bridgehead atoms. The molecule has 0 aliphatic carbocycles. The monoisotopic (exact) mass is 616 g/mol. The highest BCUT2D eigenvalue weighted by Crippen LogP contribution is 2.63. The van der Waals surface area contributed by atoms with E-state index in [2.05, 4.69) is 137 Å². The van der Waals surface area contributed by atoms with Gasteiger partial charge in [-0.2, -0.15) is 0 Å². The number of fused-ring (bicyclic) bond motifs is 10. The summed E-state index contributed by atoms with van der Waals surface area (Å²) in [5.41, 5.74) is 11.9. The summed E-state index contributed by atoms with van der Waals surface area (Å²) in [5, 5.41) is 1.16. The number of hydrogen-bond acceptors (Lipinski definition) is 4. The molecule has 226 valence electrons. The van der Waals surface area contributed by atoms with Crippen molar-refractivity contribution < 1.29 is 4.42 Å². The molecule has 2 aliphatic rings. The third-order valence-electron chi connectivity index (χ3n) is 10.0. The lowest BCUT2D eigenvalue weighted by molar-refractivity contribution is 0.660. The van der Waals surface area contributed by atoms with E-state index in [1.165, 1.54) is 22.3 Å². The number of nitrogens with zero attached hydrogens (tertiary/aromatic N) is 2. The quantitative estimate of drug-likeness (QED) is 0.181. The van der Waals surface area contributed by atoms with E-state index in [0.717, 1.165) is 34.1 Å². The molecule has 1 aromatic heterocycles. The number of benzene rings is 7. The first kappa shape index (κ1) is 26.8. The lowest BCUT2D eigenvalue weighted by Crippen LogP contribution is -2.41. The Bertz CT molecular complexity index is 2530. The maximum atomic E-state index is 13.5. The molecule has 0 unspecified atom stereocenters. The molecule has 0 radical (unpaired) electrons. The summed E-state index contributed by atoms with van der Waals surface area (Å²) in [6.45, 7) is 0. The van der Waals surface area contributed by atoms with E-state index in [-0.39, 0.29) is 5.43 Å². The maximum Gasteiger partial charge on any atom is 0.200 e. The molecule has 0 N–H and O–H groups in total. The molecule has 4 heteroatoms. The Hall–Kier alpha value is -6.39. The minimum Gasteiger partial charge on any atom is -0.456 e. The van der Waals surface area contributed by atoms with E-state index in [4.69, 9.17) is 4.42 Å². The fraction of sp³-hybridized carbons (Fsp3) is 0.0227. The molecule has 8 aromatic rings. The van der Waals surface area contributed by atoms with Gasteiger partial charge in [-0.05, 0) is 82.9 Å². The van der Waals surface area contributed by atoms with Gasteiger partial charge >= 0.3 is 0 Å². The summed E-state index contributed by atoms with van der Waals surface area (Å²) >= 11 is 0. The predicted octanol–water partition coefficient (Wildman–Crippen LogP) is 10.9. The maximum absolute atomic E-state index is 13.5. The van der Waals surface area contributed by atoms with Crippen molar-refractivity contribution in [1.82, 2.24) is 0 Å². The number of anilines is 6. The molecule has 7 aromatic carbocycles. The molecular formula is C44H28N2O2. The second-order valence-electron chi connectivity index (χ2n) is 12.4. The Morgan fingerprint density at radius 3 is 1.40 bits per heavy atom. The largest absolute Gasteiger partial charge is 0.456 e. The summed E-state index contributed by atoms with van der Waals surface area (Å²) < 4.78 is 6.36. The molecule has 0 amide bonds.